The molecule has 82 valence electrons. The molecule has 1 rings (SSSR count). The Morgan fingerprint density at radius 2 is 2.13 bits per heavy atom. The molecule has 0 nitrogen and oxygen atoms in total. The normalized spacial score (nSPS) is 19.5. The average molecular weight is 202 g/mol. The van der Waals surface area contributed by atoms with Crippen LogP contribution in [0.3, 0.4) is 0 Å². The summed E-state index contributed by atoms with van der Waals surface area (Å²) in [4.78, 5) is 0. The van der Waals surface area contributed by atoms with Crippen molar-refractivity contribution in [1.29, 1.82) is 0 Å². The Kier molecular flexibility index (Phi) is 4.61. The lowest BCUT2D eigenvalue weighted by Crippen LogP contribution is -2.01. The van der Waals surface area contributed by atoms with E-state index in [-0.39, 0.29) is 0 Å². The van der Waals surface area contributed by atoms with Crippen molar-refractivity contribution in [2.75, 3.05) is 0 Å². The molecule has 1 aliphatic rings. The van der Waals surface area contributed by atoms with E-state index in [1.54, 1.807) is 5.57 Å². The van der Waals surface area contributed by atoms with Gasteiger partial charge >= 0.3 is 0 Å². The van der Waals surface area contributed by atoms with Gasteiger partial charge in [0.05, 0.1) is 0 Å². The molecule has 0 fully saturated rings. The van der Waals surface area contributed by atoms with Crippen molar-refractivity contribution < 1.29 is 0 Å². The molecule has 0 atom stereocenters. The standard InChI is InChI=1S/C15H22/c1-5-7-14-8-6-9-15(13(14)4)11-10-12(2)3/h5,7H,1-2,6,8-11H2,3-4H3/b14-7+. The van der Waals surface area contributed by atoms with Crippen molar-refractivity contribution in [1.82, 2.24) is 0 Å². The number of hydrogen-bond donors (Lipinski definition) is 0. The molecule has 0 heteroatoms. The third-order valence-electron chi connectivity index (χ3n) is 3.11. The Hall–Kier alpha value is -1.04. The minimum Gasteiger partial charge on any atom is -0.100 e. The summed E-state index contributed by atoms with van der Waals surface area (Å²) in [5.74, 6) is 0. The molecule has 0 aromatic heterocycles. The van der Waals surface area contributed by atoms with Gasteiger partial charge in [0.2, 0.25) is 0 Å². The summed E-state index contributed by atoms with van der Waals surface area (Å²) in [6.07, 6.45) is 10.2. The molecule has 0 spiro atoms. The molecule has 0 bridgehead atoms. The molecule has 0 aliphatic heterocycles. The van der Waals surface area contributed by atoms with Crippen LogP contribution in [-0.4, -0.2) is 0 Å². The zero-order valence-electron chi connectivity index (χ0n) is 10.1. The summed E-state index contributed by atoms with van der Waals surface area (Å²) in [6, 6.07) is 0. The van der Waals surface area contributed by atoms with Gasteiger partial charge in [0.1, 0.15) is 0 Å². The van der Waals surface area contributed by atoms with E-state index in [1.807, 2.05) is 6.08 Å². The molecule has 1 aliphatic carbocycles. The Morgan fingerprint density at radius 1 is 1.40 bits per heavy atom. The zero-order valence-corrected chi connectivity index (χ0v) is 10.1. The highest BCUT2D eigenvalue weighted by Crippen LogP contribution is 2.32. The maximum absolute atomic E-state index is 3.97. The largest absolute Gasteiger partial charge is 0.100 e. The van der Waals surface area contributed by atoms with E-state index in [0.717, 1.165) is 6.42 Å². The second-order valence-corrected chi connectivity index (χ2v) is 4.47. The van der Waals surface area contributed by atoms with Gasteiger partial charge in [-0.25, -0.2) is 0 Å². The molecule has 0 heterocycles. The van der Waals surface area contributed by atoms with E-state index in [1.165, 1.54) is 42.4 Å². The summed E-state index contributed by atoms with van der Waals surface area (Å²) in [7, 11) is 0. The smallest absolute Gasteiger partial charge is 0.0273 e. The molecule has 0 unspecified atom stereocenters. The highest BCUT2D eigenvalue weighted by Gasteiger charge is 2.12. The maximum Gasteiger partial charge on any atom is -0.0273 e. The van der Waals surface area contributed by atoms with Crippen LogP contribution in [0, 0.1) is 0 Å². The van der Waals surface area contributed by atoms with Crippen LogP contribution >= 0.6 is 0 Å². The first-order chi connectivity index (χ1) is 7.15. The van der Waals surface area contributed by atoms with Gasteiger partial charge < -0.3 is 0 Å². The minimum absolute atomic E-state index is 1.13. The predicted octanol–water partition coefficient (Wildman–Crippen LogP) is 4.96. The van der Waals surface area contributed by atoms with Crippen LogP contribution in [0.15, 0.2) is 47.6 Å². The van der Waals surface area contributed by atoms with Crippen LogP contribution in [0.5, 0.6) is 0 Å². The second-order valence-electron chi connectivity index (χ2n) is 4.47. The van der Waals surface area contributed by atoms with E-state index in [0.29, 0.717) is 0 Å². The van der Waals surface area contributed by atoms with Crippen LogP contribution in [0.1, 0.15) is 46.0 Å². The Labute approximate surface area is 94.1 Å². The maximum atomic E-state index is 3.97. The fourth-order valence-corrected chi connectivity index (χ4v) is 2.12. The van der Waals surface area contributed by atoms with E-state index in [4.69, 9.17) is 0 Å². The van der Waals surface area contributed by atoms with Crippen LogP contribution in [0.4, 0.5) is 0 Å². The van der Waals surface area contributed by atoms with Gasteiger partial charge in [0.25, 0.3) is 0 Å². The van der Waals surface area contributed by atoms with Crippen LogP contribution in [0.25, 0.3) is 0 Å². The summed E-state index contributed by atoms with van der Waals surface area (Å²) < 4.78 is 0. The molecule has 0 amide bonds. The fourth-order valence-electron chi connectivity index (χ4n) is 2.12. The van der Waals surface area contributed by atoms with E-state index in [9.17, 15) is 0 Å². The summed E-state index contributed by atoms with van der Waals surface area (Å²) >= 11 is 0. The highest BCUT2D eigenvalue weighted by molar-refractivity contribution is 5.38. The third kappa shape index (κ3) is 3.54. The monoisotopic (exact) mass is 202 g/mol. The molecule has 0 saturated carbocycles. The third-order valence-corrected chi connectivity index (χ3v) is 3.11. The van der Waals surface area contributed by atoms with Crippen molar-refractivity contribution >= 4 is 0 Å². The number of allylic oxidation sites excluding steroid dienone is 6. The molecule has 0 aromatic carbocycles. The molecular formula is C15H22. The first kappa shape index (κ1) is 12.0. The summed E-state index contributed by atoms with van der Waals surface area (Å²) in [5.41, 5.74) is 5.89. The molecule has 0 N–H and O–H groups in total. The molecule has 0 aromatic rings. The van der Waals surface area contributed by atoms with Crippen molar-refractivity contribution in [3.8, 4) is 0 Å². The van der Waals surface area contributed by atoms with Gasteiger partial charge in [0.15, 0.2) is 0 Å². The van der Waals surface area contributed by atoms with Crippen molar-refractivity contribution in [2.45, 2.75) is 46.0 Å². The van der Waals surface area contributed by atoms with Crippen molar-refractivity contribution in [2.24, 2.45) is 0 Å². The lowest BCUT2D eigenvalue weighted by molar-refractivity contribution is 0.718. The van der Waals surface area contributed by atoms with Gasteiger partial charge in [-0.05, 0) is 57.1 Å². The summed E-state index contributed by atoms with van der Waals surface area (Å²) in [6.45, 7) is 12.1. The first-order valence-corrected chi connectivity index (χ1v) is 5.80. The molecule has 0 radical (unpaired) electrons. The van der Waals surface area contributed by atoms with Gasteiger partial charge in [-0.2, -0.15) is 0 Å². The predicted molar refractivity (Wildman–Crippen MR) is 68.9 cm³/mol. The van der Waals surface area contributed by atoms with Crippen LogP contribution in [0.2, 0.25) is 0 Å². The highest BCUT2D eigenvalue weighted by atomic mass is 14.2. The topological polar surface area (TPSA) is 0 Å². The lowest BCUT2D eigenvalue weighted by atomic mass is 9.85. The molecular weight excluding hydrogens is 180 g/mol. The summed E-state index contributed by atoms with van der Waals surface area (Å²) in [5, 5.41) is 0. The number of rotatable bonds is 4. The van der Waals surface area contributed by atoms with Gasteiger partial charge in [0, 0.05) is 0 Å². The Bertz CT molecular complexity index is 313. The van der Waals surface area contributed by atoms with Crippen molar-refractivity contribution in [3.05, 3.63) is 47.6 Å². The van der Waals surface area contributed by atoms with Gasteiger partial charge in [-0.15, -0.1) is 6.58 Å². The number of hydrogen-bond acceptors (Lipinski definition) is 0. The zero-order chi connectivity index (χ0) is 11.3. The minimum atomic E-state index is 1.13. The first-order valence-electron chi connectivity index (χ1n) is 5.80. The second kappa shape index (κ2) is 5.75. The lowest BCUT2D eigenvalue weighted by Gasteiger charge is -2.20. The quantitative estimate of drug-likeness (QED) is 0.565. The van der Waals surface area contributed by atoms with Crippen LogP contribution < -0.4 is 0 Å². The fraction of sp³-hybridized carbons (Fsp3) is 0.467. The van der Waals surface area contributed by atoms with Gasteiger partial charge in [-0.1, -0.05) is 29.9 Å². The van der Waals surface area contributed by atoms with Gasteiger partial charge in [-0.3, -0.25) is 0 Å². The Balaban J connectivity index is 2.76. The SMILES string of the molecule is C=C/C=C1\CCCC(CCC(=C)C)=C1C. The van der Waals surface area contributed by atoms with E-state index in [2.05, 4.69) is 33.1 Å². The Morgan fingerprint density at radius 3 is 2.73 bits per heavy atom. The van der Waals surface area contributed by atoms with E-state index >= 15 is 0 Å². The van der Waals surface area contributed by atoms with Crippen LogP contribution in [-0.2, 0) is 0 Å². The molecule has 15 heavy (non-hydrogen) atoms. The van der Waals surface area contributed by atoms with E-state index < -0.39 is 0 Å². The van der Waals surface area contributed by atoms with Crippen molar-refractivity contribution in [3.63, 3.8) is 0 Å². The average Bonchev–Trinajstić information content (AvgIpc) is 2.19. The molecule has 0 saturated heterocycles.